The van der Waals surface area contributed by atoms with E-state index in [2.05, 4.69) is 22.2 Å². The van der Waals surface area contributed by atoms with Crippen LogP contribution in [0.2, 0.25) is 0 Å². The summed E-state index contributed by atoms with van der Waals surface area (Å²) in [5.74, 6) is 0. The minimum absolute atomic E-state index is 0.386. The van der Waals surface area contributed by atoms with Gasteiger partial charge in [-0.1, -0.05) is 0 Å². The summed E-state index contributed by atoms with van der Waals surface area (Å²) >= 11 is 0. The Hall–Kier alpha value is -0.960. The van der Waals surface area contributed by atoms with Crippen molar-refractivity contribution in [2.45, 2.75) is 31.8 Å². The highest BCUT2D eigenvalue weighted by atomic mass is 15.0. The van der Waals surface area contributed by atoms with Crippen LogP contribution in [-0.2, 0) is 6.54 Å². The topological polar surface area (TPSA) is 37.8 Å². The Morgan fingerprint density at radius 1 is 1.50 bits per heavy atom. The van der Waals surface area contributed by atoms with Crippen molar-refractivity contribution < 1.29 is 0 Å². The number of aromatic nitrogens is 2. The quantitative estimate of drug-likeness (QED) is 0.725. The van der Waals surface area contributed by atoms with Crippen LogP contribution in [0.1, 0.15) is 25.5 Å². The molecule has 1 aliphatic rings. The van der Waals surface area contributed by atoms with Crippen molar-refractivity contribution in [3.63, 3.8) is 0 Å². The minimum Gasteiger partial charge on any atom is -0.306 e. The molecule has 0 spiro atoms. The van der Waals surface area contributed by atoms with E-state index >= 15 is 0 Å². The molecule has 0 atom stereocenters. The highest BCUT2D eigenvalue weighted by Crippen LogP contribution is 2.34. The first-order valence-corrected chi connectivity index (χ1v) is 4.28. The number of nitrogens with one attached hydrogen (secondary N) is 1. The lowest BCUT2D eigenvalue weighted by Gasteiger charge is -2.09. The van der Waals surface area contributed by atoms with Crippen LogP contribution in [-0.4, -0.2) is 15.5 Å². The second-order valence-corrected chi connectivity index (χ2v) is 3.61. The van der Waals surface area contributed by atoms with Gasteiger partial charge < -0.3 is 5.32 Å². The maximum atomic E-state index is 4.18. The first-order valence-electron chi connectivity index (χ1n) is 4.28. The summed E-state index contributed by atoms with van der Waals surface area (Å²) in [6.45, 7) is 3.08. The molecule has 0 saturated heterocycles. The van der Waals surface area contributed by atoms with Gasteiger partial charge in [-0.3, -0.25) is 9.97 Å². The Morgan fingerprint density at radius 3 is 2.92 bits per heavy atom. The Bertz CT molecular complexity index is 254. The molecule has 1 aliphatic carbocycles. The van der Waals surface area contributed by atoms with Gasteiger partial charge in [0.15, 0.2) is 0 Å². The van der Waals surface area contributed by atoms with E-state index < -0.39 is 0 Å². The molecule has 0 unspecified atom stereocenters. The van der Waals surface area contributed by atoms with Gasteiger partial charge in [0.2, 0.25) is 0 Å². The van der Waals surface area contributed by atoms with Gasteiger partial charge in [0, 0.05) is 30.7 Å². The first kappa shape index (κ1) is 7.68. The summed E-state index contributed by atoms with van der Waals surface area (Å²) in [6, 6.07) is 0. The second-order valence-electron chi connectivity index (χ2n) is 3.61. The third-order valence-electron chi connectivity index (χ3n) is 2.31. The zero-order chi connectivity index (χ0) is 8.44. The molecule has 0 aliphatic heterocycles. The largest absolute Gasteiger partial charge is 0.306 e. The van der Waals surface area contributed by atoms with Gasteiger partial charge in [-0.05, 0) is 19.8 Å². The van der Waals surface area contributed by atoms with Crippen LogP contribution in [0.4, 0.5) is 0 Å². The van der Waals surface area contributed by atoms with E-state index in [9.17, 15) is 0 Å². The van der Waals surface area contributed by atoms with Crippen molar-refractivity contribution in [3.8, 4) is 0 Å². The van der Waals surface area contributed by atoms with Crippen molar-refractivity contribution in [3.05, 3.63) is 24.3 Å². The zero-order valence-electron chi connectivity index (χ0n) is 7.25. The van der Waals surface area contributed by atoms with Gasteiger partial charge in [-0.25, -0.2) is 0 Å². The van der Waals surface area contributed by atoms with Crippen LogP contribution < -0.4 is 5.32 Å². The molecule has 1 aromatic heterocycles. The SMILES string of the molecule is CC1(NCc2cnccn2)CC1. The van der Waals surface area contributed by atoms with Gasteiger partial charge >= 0.3 is 0 Å². The Morgan fingerprint density at radius 2 is 2.33 bits per heavy atom. The van der Waals surface area contributed by atoms with Crippen LogP contribution in [0.5, 0.6) is 0 Å². The number of hydrogen-bond acceptors (Lipinski definition) is 3. The van der Waals surface area contributed by atoms with Crippen LogP contribution in [0, 0.1) is 0 Å². The lowest BCUT2D eigenvalue weighted by molar-refractivity contribution is 0.531. The minimum atomic E-state index is 0.386. The van der Waals surface area contributed by atoms with E-state index in [1.807, 2.05) is 0 Å². The fourth-order valence-corrected chi connectivity index (χ4v) is 1.09. The van der Waals surface area contributed by atoms with E-state index in [1.165, 1.54) is 12.8 Å². The molecule has 12 heavy (non-hydrogen) atoms. The molecule has 0 bridgehead atoms. The Balaban J connectivity index is 1.88. The smallest absolute Gasteiger partial charge is 0.0724 e. The molecule has 3 heteroatoms. The van der Waals surface area contributed by atoms with Crippen molar-refractivity contribution in [2.24, 2.45) is 0 Å². The van der Waals surface area contributed by atoms with Gasteiger partial charge in [0.1, 0.15) is 0 Å². The van der Waals surface area contributed by atoms with Crippen LogP contribution in [0.15, 0.2) is 18.6 Å². The summed E-state index contributed by atoms with van der Waals surface area (Å²) in [5.41, 5.74) is 1.41. The third-order valence-corrected chi connectivity index (χ3v) is 2.31. The van der Waals surface area contributed by atoms with Crippen LogP contribution >= 0.6 is 0 Å². The van der Waals surface area contributed by atoms with Crippen LogP contribution in [0.25, 0.3) is 0 Å². The predicted molar refractivity (Wildman–Crippen MR) is 46.5 cm³/mol. The number of hydrogen-bond donors (Lipinski definition) is 1. The molecule has 0 radical (unpaired) electrons. The van der Waals surface area contributed by atoms with E-state index in [4.69, 9.17) is 0 Å². The average molecular weight is 163 g/mol. The van der Waals surface area contributed by atoms with Gasteiger partial charge in [-0.15, -0.1) is 0 Å². The first-order chi connectivity index (χ1) is 5.79. The molecule has 1 heterocycles. The van der Waals surface area contributed by atoms with E-state index in [0.717, 1.165) is 12.2 Å². The highest BCUT2D eigenvalue weighted by molar-refractivity contribution is 5.01. The monoisotopic (exact) mass is 163 g/mol. The molecule has 1 fully saturated rings. The van der Waals surface area contributed by atoms with Crippen molar-refractivity contribution >= 4 is 0 Å². The molecule has 0 aromatic carbocycles. The summed E-state index contributed by atoms with van der Waals surface area (Å²) in [5, 5.41) is 3.45. The second kappa shape index (κ2) is 2.83. The lowest BCUT2D eigenvalue weighted by Crippen LogP contribution is -2.27. The van der Waals surface area contributed by atoms with Gasteiger partial charge in [0.05, 0.1) is 5.69 Å². The Labute approximate surface area is 72.2 Å². The molecule has 64 valence electrons. The molecular formula is C9H13N3. The number of rotatable bonds is 3. The molecule has 2 rings (SSSR count). The van der Waals surface area contributed by atoms with Gasteiger partial charge in [0.25, 0.3) is 0 Å². The molecule has 1 aromatic rings. The maximum Gasteiger partial charge on any atom is 0.0724 e. The molecule has 0 amide bonds. The van der Waals surface area contributed by atoms with E-state index in [-0.39, 0.29) is 0 Å². The fraction of sp³-hybridized carbons (Fsp3) is 0.556. The van der Waals surface area contributed by atoms with Gasteiger partial charge in [-0.2, -0.15) is 0 Å². The standard InChI is InChI=1S/C9H13N3/c1-9(2-3-9)12-7-8-6-10-4-5-11-8/h4-6,12H,2-3,7H2,1H3. The highest BCUT2D eigenvalue weighted by Gasteiger charge is 2.36. The summed E-state index contributed by atoms with van der Waals surface area (Å²) in [6.07, 6.45) is 7.80. The molecular weight excluding hydrogens is 150 g/mol. The average Bonchev–Trinajstić information content (AvgIpc) is 2.84. The third kappa shape index (κ3) is 1.80. The van der Waals surface area contributed by atoms with E-state index in [1.54, 1.807) is 18.6 Å². The van der Waals surface area contributed by atoms with E-state index in [0.29, 0.717) is 5.54 Å². The van der Waals surface area contributed by atoms with Crippen molar-refractivity contribution in [1.82, 2.24) is 15.3 Å². The molecule has 1 N–H and O–H groups in total. The van der Waals surface area contributed by atoms with Crippen molar-refractivity contribution in [2.75, 3.05) is 0 Å². The zero-order valence-corrected chi connectivity index (χ0v) is 7.25. The summed E-state index contributed by atoms with van der Waals surface area (Å²) in [4.78, 5) is 8.19. The summed E-state index contributed by atoms with van der Waals surface area (Å²) in [7, 11) is 0. The normalized spacial score (nSPS) is 19.1. The maximum absolute atomic E-state index is 4.18. The predicted octanol–water partition coefficient (Wildman–Crippen LogP) is 1.12. The van der Waals surface area contributed by atoms with Crippen molar-refractivity contribution in [1.29, 1.82) is 0 Å². The van der Waals surface area contributed by atoms with Crippen LogP contribution in [0.3, 0.4) is 0 Å². The Kier molecular flexibility index (Phi) is 1.81. The number of nitrogens with zero attached hydrogens (tertiary/aromatic N) is 2. The molecule has 1 saturated carbocycles. The molecule has 3 nitrogen and oxygen atoms in total. The summed E-state index contributed by atoms with van der Waals surface area (Å²) < 4.78 is 0. The fourth-order valence-electron chi connectivity index (χ4n) is 1.09. The lowest BCUT2D eigenvalue weighted by atomic mass is 10.3.